The molecule has 1 heterocycles. The second-order valence-electron chi connectivity index (χ2n) is 5.57. The summed E-state index contributed by atoms with van der Waals surface area (Å²) in [5.41, 5.74) is 0.867. The lowest BCUT2D eigenvalue weighted by Crippen LogP contribution is -2.33. The molecule has 0 unspecified atom stereocenters. The molecule has 1 aliphatic rings. The van der Waals surface area contributed by atoms with Crippen molar-refractivity contribution in [1.29, 1.82) is 0 Å². The molecule has 0 spiro atoms. The van der Waals surface area contributed by atoms with Crippen LogP contribution in [-0.4, -0.2) is 45.0 Å². The van der Waals surface area contributed by atoms with Gasteiger partial charge in [-0.3, -0.25) is 4.79 Å². The largest absolute Gasteiger partial charge is 0.496 e. The highest BCUT2D eigenvalue weighted by atomic mass is 16.5. The first-order chi connectivity index (χ1) is 11.6. The zero-order chi connectivity index (χ0) is 17.1. The number of carbonyl (C=O) groups is 2. The van der Waals surface area contributed by atoms with Crippen molar-refractivity contribution >= 4 is 11.9 Å². The molecule has 0 bridgehead atoms. The first kappa shape index (κ1) is 15.9. The normalized spacial score (nSPS) is 13.4. The second kappa shape index (κ2) is 6.66. The van der Waals surface area contributed by atoms with Gasteiger partial charge >= 0.3 is 5.97 Å². The maximum atomic E-state index is 12.7. The third-order valence-corrected chi connectivity index (χ3v) is 3.87. The van der Waals surface area contributed by atoms with Crippen molar-refractivity contribution < 1.29 is 19.4 Å². The molecule has 1 fully saturated rings. The molecule has 1 saturated carbocycles. The summed E-state index contributed by atoms with van der Waals surface area (Å²) >= 11 is 0. The van der Waals surface area contributed by atoms with Gasteiger partial charge in [0.2, 0.25) is 0 Å². The van der Waals surface area contributed by atoms with Gasteiger partial charge in [0.25, 0.3) is 5.91 Å². The number of methoxy groups -OCH3 is 1. The van der Waals surface area contributed by atoms with Gasteiger partial charge in [0.05, 0.1) is 19.5 Å². The standard InChI is InChI=1S/C17H17N3O4/c1-24-15-5-3-2-4-11(15)10-20(12-6-7-12)16(21)13-8-19-14(9-18-13)17(22)23/h2-5,8-9,12H,6-7,10H2,1H3,(H,22,23). The molecule has 3 rings (SSSR count). The Kier molecular flexibility index (Phi) is 4.41. The third kappa shape index (κ3) is 3.34. The molecule has 0 radical (unpaired) electrons. The Hall–Kier alpha value is -2.96. The number of carboxylic acids is 1. The zero-order valence-corrected chi connectivity index (χ0v) is 13.2. The summed E-state index contributed by atoms with van der Waals surface area (Å²) in [6, 6.07) is 7.72. The fourth-order valence-corrected chi connectivity index (χ4v) is 2.47. The van der Waals surface area contributed by atoms with E-state index in [1.807, 2.05) is 24.3 Å². The summed E-state index contributed by atoms with van der Waals surface area (Å²) in [7, 11) is 1.60. The number of aromatic nitrogens is 2. The van der Waals surface area contributed by atoms with E-state index in [1.165, 1.54) is 6.20 Å². The van der Waals surface area contributed by atoms with Crippen molar-refractivity contribution in [2.45, 2.75) is 25.4 Å². The SMILES string of the molecule is COc1ccccc1CN(C(=O)c1cnc(C(=O)O)cn1)C1CC1. The molecule has 7 heteroatoms. The van der Waals surface area contributed by atoms with Crippen LogP contribution in [0.25, 0.3) is 0 Å². The van der Waals surface area contributed by atoms with Crippen LogP contribution in [0.15, 0.2) is 36.7 Å². The van der Waals surface area contributed by atoms with Crippen LogP contribution in [0.4, 0.5) is 0 Å². The van der Waals surface area contributed by atoms with Gasteiger partial charge in [0.15, 0.2) is 5.69 Å². The van der Waals surface area contributed by atoms with Crippen molar-refractivity contribution in [3.05, 3.63) is 53.6 Å². The van der Waals surface area contributed by atoms with Crippen LogP contribution in [0, 0.1) is 0 Å². The average Bonchev–Trinajstić information content (AvgIpc) is 3.44. The smallest absolute Gasteiger partial charge is 0.356 e. The minimum Gasteiger partial charge on any atom is -0.496 e. The summed E-state index contributed by atoms with van der Waals surface area (Å²) < 4.78 is 5.34. The van der Waals surface area contributed by atoms with Crippen LogP contribution in [-0.2, 0) is 6.54 Å². The topological polar surface area (TPSA) is 92.6 Å². The summed E-state index contributed by atoms with van der Waals surface area (Å²) in [6.07, 6.45) is 4.20. The lowest BCUT2D eigenvalue weighted by atomic mass is 10.1. The van der Waals surface area contributed by atoms with Crippen LogP contribution in [0.3, 0.4) is 0 Å². The molecule has 0 aliphatic heterocycles. The van der Waals surface area contributed by atoms with Gasteiger partial charge in [-0.05, 0) is 18.9 Å². The summed E-state index contributed by atoms with van der Waals surface area (Å²) in [5, 5.41) is 8.86. The highest BCUT2D eigenvalue weighted by Gasteiger charge is 2.34. The first-order valence-corrected chi connectivity index (χ1v) is 7.58. The molecule has 1 N–H and O–H groups in total. The minimum absolute atomic E-state index is 0.141. The molecule has 2 aromatic rings. The van der Waals surface area contributed by atoms with Crippen molar-refractivity contribution in [3.63, 3.8) is 0 Å². The van der Waals surface area contributed by atoms with Gasteiger partial charge in [-0.15, -0.1) is 0 Å². The second-order valence-corrected chi connectivity index (χ2v) is 5.57. The number of aromatic carboxylic acids is 1. The molecule has 1 aliphatic carbocycles. The monoisotopic (exact) mass is 327 g/mol. The van der Waals surface area contributed by atoms with Gasteiger partial charge in [-0.25, -0.2) is 14.8 Å². The molecule has 1 aromatic carbocycles. The van der Waals surface area contributed by atoms with Gasteiger partial charge < -0.3 is 14.7 Å². The average molecular weight is 327 g/mol. The Balaban J connectivity index is 1.83. The van der Waals surface area contributed by atoms with Crippen molar-refractivity contribution in [2.24, 2.45) is 0 Å². The van der Waals surface area contributed by atoms with E-state index >= 15 is 0 Å². The van der Waals surface area contributed by atoms with E-state index in [-0.39, 0.29) is 23.3 Å². The predicted molar refractivity (Wildman–Crippen MR) is 84.9 cm³/mol. The molecule has 1 aromatic heterocycles. The number of para-hydroxylation sites is 1. The molecule has 0 saturated heterocycles. The Morgan fingerprint density at radius 3 is 2.46 bits per heavy atom. The van der Waals surface area contributed by atoms with Gasteiger partial charge in [0, 0.05) is 18.2 Å². The number of hydrogen-bond acceptors (Lipinski definition) is 5. The zero-order valence-electron chi connectivity index (χ0n) is 13.2. The first-order valence-electron chi connectivity index (χ1n) is 7.58. The predicted octanol–water partition coefficient (Wildman–Crippen LogP) is 1.99. The molecule has 7 nitrogen and oxygen atoms in total. The van der Waals surface area contributed by atoms with Gasteiger partial charge in [-0.2, -0.15) is 0 Å². The van der Waals surface area contributed by atoms with E-state index in [0.29, 0.717) is 6.54 Å². The fourth-order valence-electron chi connectivity index (χ4n) is 2.47. The molecule has 1 amide bonds. The number of ether oxygens (including phenoxy) is 1. The quantitative estimate of drug-likeness (QED) is 0.872. The number of rotatable bonds is 6. The summed E-state index contributed by atoms with van der Waals surface area (Å²) in [4.78, 5) is 33.0. The molecule has 124 valence electrons. The Labute approximate surface area is 138 Å². The Morgan fingerprint density at radius 2 is 1.88 bits per heavy atom. The Bertz CT molecular complexity index is 757. The summed E-state index contributed by atoms with van der Waals surface area (Å²) in [6.45, 7) is 0.413. The van der Waals surface area contributed by atoms with Crippen LogP contribution < -0.4 is 4.74 Å². The van der Waals surface area contributed by atoms with Crippen LogP contribution in [0.5, 0.6) is 5.75 Å². The molecular weight excluding hydrogens is 310 g/mol. The molecular formula is C17H17N3O4. The van der Waals surface area contributed by atoms with Crippen molar-refractivity contribution in [1.82, 2.24) is 14.9 Å². The number of benzene rings is 1. The van der Waals surface area contributed by atoms with E-state index in [9.17, 15) is 9.59 Å². The minimum atomic E-state index is -1.17. The van der Waals surface area contributed by atoms with Crippen LogP contribution >= 0.6 is 0 Å². The molecule has 0 atom stereocenters. The van der Waals surface area contributed by atoms with E-state index < -0.39 is 5.97 Å². The van der Waals surface area contributed by atoms with E-state index in [1.54, 1.807) is 12.0 Å². The van der Waals surface area contributed by atoms with E-state index in [4.69, 9.17) is 9.84 Å². The maximum absolute atomic E-state index is 12.7. The lowest BCUT2D eigenvalue weighted by Gasteiger charge is -2.23. The number of carboxylic acid groups (broad SMARTS) is 1. The summed E-state index contributed by atoms with van der Waals surface area (Å²) in [5.74, 6) is -0.703. The Morgan fingerprint density at radius 1 is 1.21 bits per heavy atom. The third-order valence-electron chi connectivity index (χ3n) is 3.87. The van der Waals surface area contributed by atoms with Crippen molar-refractivity contribution in [2.75, 3.05) is 7.11 Å². The van der Waals surface area contributed by atoms with Crippen LogP contribution in [0.2, 0.25) is 0 Å². The van der Waals surface area contributed by atoms with E-state index in [0.717, 1.165) is 30.4 Å². The highest BCUT2D eigenvalue weighted by Crippen LogP contribution is 2.31. The van der Waals surface area contributed by atoms with Crippen LogP contribution in [0.1, 0.15) is 39.4 Å². The lowest BCUT2D eigenvalue weighted by molar-refractivity contribution is 0.0682. The van der Waals surface area contributed by atoms with Crippen molar-refractivity contribution in [3.8, 4) is 5.75 Å². The number of amides is 1. The number of nitrogens with zero attached hydrogens (tertiary/aromatic N) is 3. The molecule has 24 heavy (non-hydrogen) atoms. The van der Waals surface area contributed by atoms with Gasteiger partial charge in [-0.1, -0.05) is 18.2 Å². The highest BCUT2D eigenvalue weighted by molar-refractivity contribution is 5.93. The van der Waals surface area contributed by atoms with E-state index in [2.05, 4.69) is 9.97 Å². The maximum Gasteiger partial charge on any atom is 0.356 e. The number of carbonyl (C=O) groups excluding carboxylic acids is 1. The van der Waals surface area contributed by atoms with Gasteiger partial charge in [0.1, 0.15) is 11.4 Å². The number of hydrogen-bond donors (Lipinski definition) is 1. The fraction of sp³-hybridized carbons (Fsp3) is 0.294.